The van der Waals surface area contributed by atoms with E-state index < -0.39 is 0 Å². The Balaban J connectivity index is 3.89. The highest BCUT2D eigenvalue weighted by atomic mass is 16.1. The average molecular weight is 110 g/mol. The molecule has 0 amide bonds. The van der Waals surface area contributed by atoms with Crippen LogP contribution in [0.1, 0.15) is 13.8 Å². The molecule has 0 aliphatic heterocycles. The van der Waals surface area contributed by atoms with E-state index in [9.17, 15) is 4.79 Å². The normalized spacial score (nSPS) is 7.75. The molecule has 8 heavy (non-hydrogen) atoms. The summed E-state index contributed by atoms with van der Waals surface area (Å²) in [5, 5.41) is 0. The van der Waals surface area contributed by atoms with Gasteiger partial charge in [-0.05, 0) is 13.8 Å². The van der Waals surface area contributed by atoms with Gasteiger partial charge in [0.25, 0.3) is 0 Å². The highest BCUT2D eigenvalue weighted by Gasteiger charge is 1.80. The Bertz CT molecular complexity index is 127. The lowest BCUT2D eigenvalue weighted by atomic mass is 10.2. The maximum atomic E-state index is 9.90. The van der Waals surface area contributed by atoms with Crippen LogP contribution in [0.5, 0.6) is 0 Å². The van der Waals surface area contributed by atoms with E-state index in [1.165, 1.54) is 0 Å². The van der Waals surface area contributed by atoms with Gasteiger partial charge in [0.2, 0.25) is 0 Å². The van der Waals surface area contributed by atoms with Gasteiger partial charge in [-0.3, -0.25) is 4.79 Å². The molecule has 0 N–H and O–H groups in total. The van der Waals surface area contributed by atoms with E-state index in [2.05, 4.69) is 6.58 Å². The van der Waals surface area contributed by atoms with Gasteiger partial charge in [0, 0.05) is 5.57 Å². The summed E-state index contributed by atoms with van der Waals surface area (Å²) in [5.74, 6) is 0. The second-order valence-electron chi connectivity index (χ2n) is 1.91. The van der Waals surface area contributed by atoms with Crippen LogP contribution in [0.2, 0.25) is 0 Å². The van der Waals surface area contributed by atoms with Gasteiger partial charge in [-0.25, -0.2) is 0 Å². The average Bonchev–Trinajstić information content (AvgIpc) is 1.65. The van der Waals surface area contributed by atoms with Crippen molar-refractivity contribution in [2.75, 3.05) is 0 Å². The Hall–Kier alpha value is -0.850. The SMILES string of the molecule is C=C(C=O)C=C(C)C. The van der Waals surface area contributed by atoms with Gasteiger partial charge in [-0.2, -0.15) is 0 Å². The van der Waals surface area contributed by atoms with Crippen molar-refractivity contribution >= 4 is 6.29 Å². The molecule has 0 bridgehead atoms. The summed E-state index contributed by atoms with van der Waals surface area (Å²) >= 11 is 0. The van der Waals surface area contributed by atoms with Crippen molar-refractivity contribution in [2.45, 2.75) is 13.8 Å². The zero-order valence-corrected chi connectivity index (χ0v) is 5.27. The molecule has 0 spiro atoms. The molecule has 1 nitrogen and oxygen atoms in total. The summed E-state index contributed by atoms with van der Waals surface area (Å²) in [4.78, 5) is 9.90. The first kappa shape index (κ1) is 7.15. The Morgan fingerprint density at radius 1 is 1.50 bits per heavy atom. The largest absolute Gasteiger partial charge is 0.298 e. The fourth-order valence-electron chi connectivity index (χ4n) is 0.405. The fourth-order valence-corrected chi connectivity index (χ4v) is 0.405. The minimum atomic E-state index is 0.532. The molecule has 1 heteroatoms. The second-order valence-corrected chi connectivity index (χ2v) is 1.91. The van der Waals surface area contributed by atoms with E-state index in [0.717, 1.165) is 11.9 Å². The summed E-state index contributed by atoms with van der Waals surface area (Å²) in [6, 6.07) is 0. The summed E-state index contributed by atoms with van der Waals surface area (Å²) in [6.45, 7) is 7.32. The molecule has 0 aromatic heterocycles. The van der Waals surface area contributed by atoms with Gasteiger partial charge in [-0.15, -0.1) is 0 Å². The van der Waals surface area contributed by atoms with Crippen molar-refractivity contribution in [3.8, 4) is 0 Å². The number of aldehydes is 1. The van der Waals surface area contributed by atoms with Gasteiger partial charge in [-0.1, -0.05) is 18.2 Å². The number of carbonyl (C=O) groups excluding carboxylic acids is 1. The van der Waals surface area contributed by atoms with Crippen LogP contribution in [0, 0.1) is 0 Å². The lowest BCUT2D eigenvalue weighted by Gasteiger charge is -1.84. The van der Waals surface area contributed by atoms with Crippen LogP contribution >= 0.6 is 0 Å². The van der Waals surface area contributed by atoms with Crippen molar-refractivity contribution in [2.24, 2.45) is 0 Å². The molecule has 0 rings (SSSR count). The highest BCUT2D eigenvalue weighted by Crippen LogP contribution is 1.93. The van der Waals surface area contributed by atoms with Crippen molar-refractivity contribution in [1.29, 1.82) is 0 Å². The first-order chi connectivity index (χ1) is 3.66. The van der Waals surface area contributed by atoms with Crippen LogP contribution < -0.4 is 0 Å². The van der Waals surface area contributed by atoms with Crippen LogP contribution in [0.15, 0.2) is 23.8 Å². The molecule has 0 unspecified atom stereocenters. The molecule has 0 aliphatic carbocycles. The number of hydrogen-bond acceptors (Lipinski definition) is 1. The van der Waals surface area contributed by atoms with Crippen molar-refractivity contribution < 1.29 is 4.79 Å². The Labute approximate surface area is 49.7 Å². The van der Waals surface area contributed by atoms with E-state index in [-0.39, 0.29) is 0 Å². The summed E-state index contributed by atoms with van der Waals surface area (Å²) in [6.07, 6.45) is 2.49. The summed E-state index contributed by atoms with van der Waals surface area (Å²) in [7, 11) is 0. The topological polar surface area (TPSA) is 17.1 Å². The van der Waals surface area contributed by atoms with Crippen LogP contribution in [0.3, 0.4) is 0 Å². The molecule has 0 aromatic carbocycles. The maximum Gasteiger partial charge on any atom is 0.149 e. The predicted molar refractivity (Wildman–Crippen MR) is 34.6 cm³/mol. The molecule has 0 saturated heterocycles. The number of hydrogen-bond donors (Lipinski definition) is 0. The molecular formula is C7H10O. The van der Waals surface area contributed by atoms with Crippen LogP contribution in [-0.2, 0) is 4.79 Å². The lowest BCUT2D eigenvalue weighted by Crippen LogP contribution is -1.74. The van der Waals surface area contributed by atoms with E-state index in [1.54, 1.807) is 6.08 Å². The van der Waals surface area contributed by atoms with Gasteiger partial charge in [0.05, 0.1) is 0 Å². The van der Waals surface area contributed by atoms with Crippen molar-refractivity contribution in [3.05, 3.63) is 23.8 Å². The van der Waals surface area contributed by atoms with Crippen LogP contribution in [0.4, 0.5) is 0 Å². The van der Waals surface area contributed by atoms with E-state index in [1.807, 2.05) is 13.8 Å². The quantitative estimate of drug-likeness (QED) is 0.300. The van der Waals surface area contributed by atoms with Gasteiger partial charge >= 0.3 is 0 Å². The predicted octanol–water partition coefficient (Wildman–Crippen LogP) is 1.71. The molecule has 0 saturated carbocycles. The molecule has 0 radical (unpaired) electrons. The Morgan fingerprint density at radius 2 is 2.00 bits per heavy atom. The zero-order valence-electron chi connectivity index (χ0n) is 5.27. The molecular weight excluding hydrogens is 100 g/mol. The fraction of sp³-hybridized carbons (Fsp3) is 0.286. The lowest BCUT2D eigenvalue weighted by molar-refractivity contribution is -0.104. The molecule has 0 aromatic rings. The van der Waals surface area contributed by atoms with Gasteiger partial charge < -0.3 is 0 Å². The van der Waals surface area contributed by atoms with Crippen LogP contribution in [-0.4, -0.2) is 6.29 Å². The molecule has 0 aliphatic rings. The molecule has 0 atom stereocenters. The smallest absolute Gasteiger partial charge is 0.149 e. The van der Waals surface area contributed by atoms with Crippen LogP contribution in [0.25, 0.3) is 0 Å². The first-order valence-corrected chi connectivity index (χ1v) is 2.46. The summed E-state index contributed by atoms with van der Waals surface area (Å²) in [5.41, 5.74) is 1.63. The van der Waals surface area contributed by atoms with Crippen molar-refractivity contribution in [1.82, 2.24) is 0 Å². The Kier molecular flexibility index (Phi) is 2.85. The number of carbonyl (C=O) groups is 1. The third kappa shape index (κ3) is 3.34. The molecule has 0 fully saturated rings. The number of allylic oxidation sites excluding steroid dienone is 3. The maximum absolute atomic E-state index is 9.90. The minimum absolute atomic E-state index is 0.532. The zero-order chi connectivity index (χ0) is 6.57. The van der Waals surface area contributed by atoms with Gasteiger partial charge in [0.15, 0.2) is 0 Å². The monoisotopic (exact) mass is 110 g/mol. The first-order valence-electron chi connectivity index (χ1n) is 2.46. The third-order valence-electron chi connectivity index (χ3n) is 0.625. The van der Waals surface area contributed by atoms with Gasteiger partial charge in [0.1, 0.15) is 6.29 Å². The number of rotatable bonds is 2. The van der Waals surface area contributed by atoms with E-state index >= 15 is 0 Å². The van der Waals surface area contributed by atoms with E-state index in [4.69, 9.17) is 0 Å². The third-order valence-corrected chi connectivity index (χ3v) is 0.625. The standard InChI is InChI=1S/C7H10O/c1-6(2)4-7(3)5-8/h4-5H,3H2,1-2H3. The van der Waals surface area contributed by atoms with Crippen molar-refractivity contribution in [3.63, 3.8) is 0 Å². The minimum Gasteiger partial charge on any atom is -0.298 e. The van der Waals surface area contributed by atoms with E-state index in [0.29, 0.717) is 5.57 Å². The molecule has 44 valence electrons. The molecule has 0 heterocycles. The summed E-state index contributed by atoms with van der Waals surface area (Å²) < 4.78 is 0. The second kappa shape index (κ2) is 3.19. The Morgan fingerprint density at radius 3 is 2.12 bits per heavy atom. The highest BCUT2D eigenvalue weighted by molar-refractivity contribution is 5.76.